The smallest absolute Gasteiger partial charge is 0.147 e. The number of aryl methyl sites for hydroxylation is 1. The number of hydrogen-bond acceptors (Lipinski definition) is 5. The van der Waals surface area contributed by atoms with E-state index in [4.69, 9.17) is 33.0 Å². The zero-order valence-corrected chi connectivity index (χ0v) is 21.9. The van der Waals surface area contributed by atoms with Crippen LogP contribution in [0.3, 0.4) is 0 Å². The molecule has 0 N–H and O–H groups in total. The summed E-state index contributed by atoms with van der Waals surface area (Å²) in [5.41, 5.74) is 5.34. The monoisotopic (exact) mass is 509 g/mol. The maximum absolute atomic E-state index is 6.42. The van der Waals surface area contributed by atoms with Crippen molar-refractivity contribution >= 4 is 35.0 Å². The number of fused-ring (bicyclic) bond motifs is 1. The third-order valence-electron chi connectivity index (χ3n) is 7.15. The summed E-state index contributed by atoms with van der Waals surface area (Å²) in [7, 11) is 1.69. The van der Waals surface area contributed by atoms with Gasteiger partial charge in [0.25, 0.3) is 0 Å². The van der Waals surface area contributed by atoms with E-state index in [0.717, 1.165) is 54.1 Å². The van der Waals surface area contributed by atoms with Gasteiger partial charge in [0.1, 0.15) is 23.6 Å². The fourth-order valence-electron chi connectivity index (χ4n) is 5.29. The average Bonchev–Trinajstić information content (AvgIpc) is 3.20. The molecule has 2 unspecified atom stereocenters. The average molecular weight is 510 g/mol. The first-order valence-electron chi connectivity index (χ1n) is 11.9. The van der Waals surface area contributed by atoms with Crippen molar-refractivity contribution < 1.29 is 4.74 Å². The Morgan fingerprint density at radius 3 is 2.66 bits per heavy atom. The molecule has 0 spiro atoms. The van der Waals surface area contributed by atoms with Gasteiger partial charge in [0.15, 0.2) is 0 Å². The maximum Gasteiger partial charge on any atom is 0.147 e. The van der Waals surface area contributed by atoms with E-state index < -0.39 is 0 Å². The predicted molar refractivity (Wildman–Crippen MR) is 141 cm³/mol. The molecule has 6 nitrogen and oxygen atoms in total. The van der Waals surface area contributed by atoms with Crippen LogP contribution in [0.15, 0.2) is 53.5 Å². The summed E-state index contributed by atoms with van der Waals surface area (Å²) < 4.78 is 7.55. The molecule has 1 saturated heterocycles. The zero-order valence-electron chi connectivity index (χ0n) is 20.4. The second-order valence-electron chi connectivity index (χ2n) is 9.49. The Balaban J connectivity index is 1.63. The lowest BCUT2D eigenvalue weighted by atomic mass is 9.79. The van der Waals surface area contributed by atoms with Crippen LogP contribution in [0.25, 0.3) is 11.3 Å². The van der Waals surface area contributed by atoms with Gasteiger partial charge in [0.05, 0.1) is 22.7 Å². The molecule has 2 aliphatic rings. The van der Waals surface area contributed by atoms with Crippen molar-refractivity contribution in [1.29, 1.82) is 0 Å². The van der Waals surface area contributed by atoms with Gasteiger partial charge in [0, 0.05) is 11.9 Å². The van der Waals surface area contributed by atoms with E-state index >= 15 is 0 Å². The number of benzene rings is 2. The third kappa shape index (κ3) is 4.23. The number of halogens is 2. The van der Waals surface area contributed by atoms with E-state index in [0.29, 0.717) is 16.0 Å². The van der Waals surface area contributed by atoms with Gasteiger partial charge in [-0.2, -0.15) is 10.2 Å². The van der Waals surface area contributed by atoms with E-state index in [9.17, 15) is 0 Å². The quantitative estimate of drug-likeness (QED) is 0.378. The summed E-state index contributed by atoms with van der Waals surface area (Å²) in [6.45, 7) is 6.39. The molecule has 35 heavy (non-hydrogen) atoms. The van der Waals surface area contributed by atoms with Crippen LogP contribution >= 0.6 is 23.2 Å². The van der Waals surface area contributed by atoms with Crippen LogP contribution in [0.4, 0.5) is 0 Å². The zero-order chi connectivity index (χ0) is 24.7. The van der Waals surface area contributed by atoms with E-state index in [2.05, 4.69) is 53.2 Å². The van der Waals surface area contributed by atoms with Crippen molar-refractivity contribution in [3.05, 3.63) is 75.4 Å². The van der Waals surface area contributed by atoms with Crippen LogP contribution in [-0.2, 0) is 5.54 Å². The molecular weight excluding hydrogens is 481 g/mol. The van der Waals surface area contributed by atoms with Gasteiger partial charge in [-0.05, 0) is 86.4 Å². The molecule has 1 aromatic heterocycles. The van der Waals surface area contributed by atoms with Crippen molar-refractivity contribution in [2.45, 2.75) is 52.0 Å². The normalized spacial score (nSPS) is 22.2. The minimum absolute atomic E-state index is 0.305. The van der Waals surface area contributed by atoms with Gasteiger partial charge < -0.3 is 4.74 Å². The molecule has 3 aromatic rings. The number of aromatic nitrogens is 3. The lowest BCUT2D eigenvalue weighted by Gasteiger charge is -2.45. The highest BCUT2D eigenvalue weighted by Crippen LogP contribution is 2.48. The molecule has 1 fully saturated rings. The van der Waals surface area contributed by atoms with Crippen LogP contribution in [0.5, 0.6) is 5.75 Å². The van der Waals surface area contributed by atoms with Gasteiger partial charge in [-0.15, -0.1) is 0 Å². The van der Waals surface area contributed by atoms with E-state index in [1.165, 1.54) is 11.3 Å². The molecule has 0 bridgehead atoms. The molecule has 5 rings (SSSR count). The van der Waals surface area contributed by atoms with Gasteiger partial charge in [-0.25, -0.2) is 9.67 Å². The number of rotatable bonds is 4. The number of allylic oxidation sites excluding steroid dienone is 2. The standard InChI is InChI=1S/C27H29Cl2N5O/c1-17-11-13-31-34-24(6-5-12-27(34,3)20-8-9-21(28)22(29)15-20)26(17)19-7-10-23(25(14-19)35-4)33-16-30-18(2)32-33/h7-10,13-17H,5-6,11-12H2,1-4H3. The molecule has 0 saturated carbocycles. The van der Waals surface area contributed by atoms with E-state index in [1.807, 2.05) is 25.3 Å². The Hall–Kier alpha value is -2.83. The van der Waals surface area contributed by atoms with Crippen molar-refractivity contribution in [3.8, 4) is 11.4 Å². The predicted octanol–water partition coefficient (Wildman–Crippen LogP) is 7.03. The fourth-order valence-corrected chi connectivity index (χ4v) is 5.59. The number of methoxy groups -OCH3 is 1. The summed E-state index contributed by atoms with van der Waals surface area (Å²) in [4.78, 5) is 4.26. The summed E-state index contributed by atoms with van der Waals surface area (Å²) >= 11 is 12.7. The molecule has 8 heteroatoms. The van der Waals surface area contributed by atoms with Gasteiger partial charge in [0.2, 0.25) is 0 Å². The van der Waals surface area contributed by atoms with Crippen molar-refractivity contribution in [2.24, 2.45) is 11.0 Å². The van der Waals surface area contributed by atoms with Crippen LogP contribution in [0.2, 0.25) is 10.0 Å². The second-order valence-corrected chi connectivity index (χ2v) is 10.3. The molecule has 2 atom stereocenters. The minimum atomic E-state index is -0.324. The maximum atomic E-state index is 6.42. The van der Waals surface area contributed by atoms with Crippen molar-refractivity contribution in [2.75, 3.05) is 7.11 Å². The third-order valence-corrected chi connectivity index (χ3v) is 7.88. The number of piperidine rings is 1. The molecule has 2 aromatic carbocycles. The molecule has 0 aliphatic carbocycles. The fraction of sp³-hybridized carbons (Fsp3) is 0.370. The Labute approximate surface area is 216 Å². The topological polar surface area (TPSA) is 55.5 Å². The Bertz CT molecular complexity index is 1330. The number of ether oxygens (including phenoxy) is 1. The Kier molecular flexibility index (Phi) is 6.36. The number of hydrogen-bond donors (Lipinski definition) is 0. The number of hydrazone groups is 1. The molecule has 2 aliphatic heterocycles. The molecule has 0 radical (unpaired) electrons. The van der Waals surface area contributed by atoms with Crippen LogP contribution < -0.4 is 4.74 Å². The first-order chi connectivity index (χ1) is 16.8. The van der Waals surface area contributed by atoms with Crippen LogP contribution in [0, 0.1) is 12.8 Å². The van der Waals surface area contributed by atoms with Crippen LogP contribution in [-0.4, -0.2) is 33.1 Å². The van der Waals surface area contributed by atoms with E-state index in [1.54, 1.807) is 18.1 Å². The molecule has 3 heterocycles. The molecular formula is C27H29Cl2N5O. The second kappa shape index (κ2) is 9.32. The highest BCUT2D eigenvalue weighted by atomic mass is 35.5. The largest absolute Gasteiger partial charge is 0.494 e. The van der Waals surface area contributed by atoms with Gasteiger partial charge >= 0.3 is 0 Å². The first kappa shape index (κ1) is 23.9. The number of nitrogens with zero attached hydrogens (tertiary/aromatic N) is 5. The first-order valence-corrected chi connectivity index (χ1v) is 12.7. The lowest BCUT2D eigenvalue weighted by molar-refractivity contribution is 0.107. The summed E-state index contributed by atoms with van der Waals surface area (Å²) in [5, 5.41) is 12.8. The van der Waals surface area contributed by atoms with Crippen molar-refractivity contribution in [1.82, 2.24) is 19.8 Å². The highest BCUT2D eigenvalue weighted by molar-refractivity contribution is 6.42. The minimum Gasteiger partial charge on any atom is -0.494 e. The van der Waals surface area contributed by atoms with Crippen molar-refractivity contribution in [3.63, 3.8) is 0 Å². The van der Waals surface area contributed by atoms with E-state index in [-0.39, 0.29) is 5.54 Å². The Morgan fingerprint density at radius 2 is 1.94 bits per heavy atom. The summed E-state index contributed by atoms with van der Waals surface area (Å²) in [6, 6.07) is 12.2. The molecule has 0 amide bonds. The van der Waals surface area contributed by atoms with Gasteiger partial charge in [-0.3, -0.25) is 5.01 Å². The lowest BCUT2D eigenvalue weighted by Crippen LogP contribution is -2.43. The Morgan fingerprint density at radius 1 is 1.11 bits per heavy atom. The highest BCUT2D eigenvalue weighted by Gasteiger charge is 2.41. The van der Waals surface area contributed by atoms with Crippen LogP contribution in [0.1, 0.15) is 56.5 Å². The molecule has 182 valence electrons. The summed E-state index contributed by atoms with van der Waals surface area (Å²) in [6.07, 6.45) is 7.60. The summed E-state index contributed by atoms with van der Waals surface area (Å²) in [5.74, 6) is 1.78. The SMILES string of the molecule is COc1cc(C2=C3CCCC(C)(c4ccc(Cl)c(Cl)c4)N3N=CCC2C)ccc1-n1cnc(C)n1. The van der Waals surface area contributed by atoms with Gasteiger partial charge in [-0.1, -0.05) is 42.3 Å².